The Morgan fingerprint density at radius 1 is 1.20 bits per heavy atom. The molecule has 1 aliphatic rings. The number of hydrogen-bond acceptors (Lipinski definition) is 5. The molecule has 0 unspecified atom stereocenters. The van der Waals surface area contributed by atoms with Crippen molar-refractivity contribution in [2.24, 2.45) is 5.92 Å². The highest BCUT2D eigenvalue weighted by Crippen LogP contribution is 2.41. The van der Waals surface area contributed by atoms with Crippen LogP contribution in [0.4, 0.5) is 5.82 Å². The molecule has 132 valence electrons. The van der Waals surface area contributed by atoms with E-state index in [1.165, 1.54) is 41.5 Å². The molecule has 25 heavy (non-hydrogen) atoms. The van der Waals surface area contributed by atoms with Gasteiger partial charge in [0.25, 0.3) is 0 Å². The first-order chi connectivity index (χ1) is 12.2. The number of anilines is 1. The van der Waals surface area contributed by atoms with Gasteiger partial charge in [-0.05, 0) is 49.1 Å². The van der Waals surface area contributed by atoms with Gasteiger partial charge in [-0.1, -0.05) is 27.2 Å². The van der Waals surface area contributed by atoms with Crippen molar-refractivity contribution in [3.8, 4) is 0 Å². The predicted molar refractivity (Wildman–Crippen MR) is 107 cm³/mol. The second-order valence-corrected chi connectivity index (χ2v) is 8.43. The van der Waals surface area contributed by atoms with Crippen LogP contribution in [0.2, 0.25) is 0 Å². The van der Waals surface area contributed by atoms with Gasteiger partial charge >= 0.3 is 0 Å². The molecular formula is C20H26N4S. The average Bonchev–Trinajstić information content (AvgIpc) is 3.18. The fraction of sp³-hybridized carbons (Fsp3) is 0.550. The summed E-state index contributed by atoms with van der Waals surface area (Å²) in [6.45, 7) is 7.72. The second kappa shape index (κ2) is 6.87. The maximum atomic E-state index is 5.08. The largest absolute Gasteiger partial charge is 0.369 e. The highest BCUT2D eigenvalue weighted by molar-refractivity contribution is 7.26. The van der Waals surface area contributed by atoms with Crippen LogP contribution < -0.4 is 5.32 Å². The van der Waals surface area contributed by atoms with Gasteiger partial charge in [-0.2, -0.15) is 0 Å². The molecular weight excluding hydrogens is 328 g/mol. The minimum Gasteiger partial charge on any atom is -0.369 e. The minimum absolute atomic E-state index is 0.634. The first-order valence-corrected chi connectivity index (χ1v) is 10.3. The number of aromatic nitrogens is 3. The SMILES string of the molecule is CCCCNc1ncnc2c1sc1nc(CC(C)C)c3c(c12)CCC3. The smallest absolute Gasteiger partial charge is 0.147 e. The highest BCUT2D eigenvalue weighted by atomic mass is 32.1. The maximum Gasteiger partial charge on any atom is 0.147 e. The molecule has 0 amide bonds. The quantitative estimate of drug-likeness (QED) is 0.623. The van der Waals surface area contributed by atoms with E-state index in [-0.39, 0.29) is 0 Å². The van der Waals surface area contributed by atoms with Crippen molar-refractivity contribution in [2.45, 2.75) is 59.3 Å². The van der Waals surface area contributed by atoms with Gasteiger partial charge in [0.1, 0.15) is 17.0 Å². The van der Waals surface area contributed by atoms with E-state index in [9.17, 15) is 0 Å². The molecule has 0 fully saturated rings. The Morgan fingerprint density at radius 2 is 2.04 bits per heavy atom. The zero-order valence-electron chi connectivity index (χ0n) is 15.4. The molecule has 0 saturated carbocycles. The summed E-state index contributed by atoms with van der Waals surface area (Å²) < 4.78 is 1.16. The molecule has 4 rings (SSSR count). The summed E-state index contributed by atoms with van der Waals surface area (Å²) in [5, 5.41) is 4.79. The van der Waals surface area contributed by atoms with Crippen molar-refractivity contribution in [2.75, 3.05) is 11.9 Å². The van der Waals surface area contributed by atoms with Crippen molar-refractivity contribution >= 4 is 37.6 Å². The van der Waals surface area contributed by atoms with E-state index in [1.807, 2.05) is 0 Å². The molecule has 1 aliphatic carbocycles. The van der Waals surface area contributed by atoms with Gasteiger partial charge in [0.2, 0.25) is 0 Å². The first-order valence-electron chi connectivity index (χ1n) is 9.50. The average molecular weight is 355 g/mol. The highest BCUT2D eigenvalue weighted by Gasteiger charge is 2.24. The Bertz CT molecular complexity index is 913. The van der Waals surface area contributed by atoms with Crippen molar-refractivity contribution in [3.05, 3.63) is 23.1 Å². The lowest BCUT2D eigenvalue weighted by atomic mass is 9.99. The van der Waals surface area contributed by atoms with Crippen molar-refractivity contribution in [1.29, 1.82) is 0 Å². The molecule has 0 aromatic carbocycles. The van der Waals surface area contributed by atoms with Crippen LogP contribution in [-0.4, -0.2) is 21.5 Å². The molecule has 0 saturated heterocycles. The van der Waals surface area contributed by atoms with E-state index in [2.05, 4.69) is 36.1 Å². The molecule has 0 atom stereocenters. The number of nitrogens with zero attached hydrogens (tertiary/aromatic N) is 3. The molecule has 3 aromatic rings. The zero-order chi connectivity index (χ0) is 17.4. The molecule has 0 bridgehead atoms. The number of nitrogens with one attached hydrogen (secondary N) is 1. The van der Waals surface area contributed by atoms with Crippen LogP contribution >= 0.6 is 11.3 Å². The van der Waals surface area contributed by atoms with Gasteiger partial charge in [-0.3, -0.25) is 0 Å². The Labute approximate surface area is 153 Å². The van der Waals surface area contributed by atoms with Gasteiger partial charge in [0.05, 0.1) is 10.2 Å². The molecule has 3 heterocycles. The van der Waals surface area contributed by atoms with Crippen molar-refractivity contribution in [3.63, 3.8) is 0 Å². The summed E-state index contributed by atoms with van der Waals surface area (Å²) >= 11 is 1.75. The lowest BCUT2D eigenvalue weighted by Crippen LogP contribution is -2.03. The molecule has 0 aliphatic heterocycles. The number of rotatable bonds is 6. The monoisotopic (exact) mass is 354 g/mol. The lowest BCUT2D eigenvalue weighted by Gasteiger charge is -2.11. The first kappa shape index (κ1) is 16.7. The summed E-state index contributed by atoms with van der Waals surface area (Å²) in [5.74, 6) is 1.61. The molecule has 0 radical (unpaired) electrons. The standard InChI is InChI=1S/C20H26N4S/c1-4-5-9-21-19-18-17(22-11-23-19)16-14-8-6-7-13(14)15(10-12(2)3)24-20(16)25-18/h11-12H,4-10H2,1-3H3,(H,21,22,23). The van der Waals surface area contributed by atoms with Gasteiger partial charge in [0.15, 0.2) is 0 Å². The maximum absolute atomic E-state index is 5.08. The minimum atomic E-state index is 0.634. The lowest BCUT2D eigenvalue weighted by molar-refractivity contribution is 0.632. The summed E-state index contributed by atoms with van der Waals surface area (Å²) in [6.07, 6.45) is 8.68. The van der Waals surface area contributed by atoms with Gasteiger partial charge < -0.3 is 5.32 Å². The van der Waals surface area contributed by atoms with Crippen molar-refractivity contribution < 1.29 is 0 Å². The normalized spacial score (nSPS) is 13.9. The van der Waals surface area contributed by atoms with E-state index in [0.717, 1.165) is 46.7 Å². The predicted octanol–water partition coefficient (Wildman–Crippen LogP) is 5.14. The fourth-order valence-electron chi connectivity index (χ4n) is 3.84. The Balaban J connectivity index is 1.89. The second-order valence-electron chi connectivity index (χ2n) is 7.43. The van der Waals surface area contributed by atoms with Crippen LogP contribution in [-0.2, 0) is 19.3 Å². The topological polar surface area (TPSA) is 50.7 Å². The van der Waals surface area contributed by atoms with Crippen LogP contribution in [0.1, 0.15) is 56.9 Å². The Morgan fingerprint density at radius 3 is 2.84 bits per heavy atom. The molecule has 1 N–H and O–H groups in total. The fourth-order valence-corrected chi connectivity index (χ4v) is 4.99. The van der Waals surface area contributed by atoms with E-state index in [4.69, 9.17) is 4.98 Å². The number of aryl methyl sites for hydroxylation is 1. The van der Waals surface area contributed by atoms with Gasteiger partial charge in [-0.25, -0.2) is 15.0 Å². The van der Waals surface area contributed by atoms with Crippen LogP contribution in [0, 0.1) is 5.92 Å². The molecule has 3 aromatic heterocycles. The van der Waals surface area contributed by atoms with Crippen molar-refractivity contribution in [1.82, 2.24) is 15.0 Å². The number of pyridine rings is 1. The van der Waals surface area contributed by atoms with E-state index >= 15 is 0 Å². The molecule has 5 heteroatoms. The number of thiophene rings is 1. The molecule has 4 nitrogen and oxygen atoms in total. The summed E-state index contributed by atoms with van der Waals surface area (Å²) in [6, 6.07) is 0. The van der Waals surface area contributed by atoms with E-state index in [1.54, 1.807) is 17.7 Å². The van der Waals surface area contributed by atoms with Crippen LogP contribution in [0.3, 0.4) is 0 Å². The third-order valence-corrected chi connectivity index (χ3v) is 6.06. The third kappa shape index (κ3) is 2.99. The number of fused-ring (bicyclic) bond motifs is 5. The van der Waals surface area contributed by atoms with E-state index < -0.39 is 0 Å². The van der Waals surface area contributed by atoms with Crippen LogP contribution in [0.25, 0.3) is 20.4 Å². The van der Waals surface area contributed by atoms with Crippen LogP contribution in [0.5, 0.6) is 0 Å². The van der Waals surface area contributed by atoms with Gasteiger partial charge in [0, 0.05) is 17.6 Å². The molecule has 0 spiro atoms. The summed E-state index contributed by atoms with van der Waals surface area (Å²) in [5.41, 5.74) is 5.41. The third-order valence-electron chi connectivity index (χ3n) is 4.98. The summed E-state index contributed by atoms with van der Waals surface area (Å²) in [4.78, 5) is 15.4. The number of unbranched alkanes of at least 4 members (excludes halogenated alkanes) is 1. The Kier molecular flexibility index (Phi) is 4.59. The zero-order valence-corrected chi connectivity index (χ0v) is 16.2. The van der Waals surface area contributed by atoms with Crippen LogP contribution in [0.15, 0.2) is 6.33 Å². The number of hydrogen-bond donors (Lipinski definition) is 1. The summed E-state index contributed by atoms with van der Waals surface area (Å²) in [7, 11) is 0. The van der Waals surface area contributed by atoms with Gasteiger partial charge in [-0.15, -0.1) is 11.3 Å². The Hall–Kier alpha value is -1.75. The van der Waals surface area contributed by atoms with E-state index in [0.29, 0.717) is 5.92 Å².